The van der Waals surface area contributed by atoms with Crippen LogP contribution in [0.25, 0.3) is 0 Å². The van der Waals surface area contributed by atoms with Crippen molar-refractivity contribution in [2.45, 2.75) is 45.4 Å². The Hall–Kier alpha value is -1.92. The molecule has 0 saturated carbocycles. The third-order valence-electron chi connectivity index (χ3n) is 5.08. The van der Waals surface area contributed by atoms with Gasteiger partial charge in [-0.25, -0.2) is 0 Å². The van der Waals surface area contributed by atoms with Crippen molar-refractivity contribution in [2.24, 2.45) is 11.8 Å². The van der Waals surface area contributed by atoms with E-state index in [1.165, 1.54) is 0 Å². The summed E-state index contributed by atoms with van der Waals surface area (Å²) in [5, 5.41) is 2.95. The fourth-order valence-electron chi connectivity index (χ4n) is 3.79. The molecule has 0 bridgehead atoms. The molecule has 2 amide bonds. The van der Waals surface area contributed by atoms with E-state index in [9.17, 15) is 9.59 Å². The van der Waals surface area contributed by atoms with Crippen LogP contribution in [0.2, 0.25) is 0 Å². The third-order valence-corrected chi connectivity index (χ3v) is 5.08. The van der Waals surface area contributed by atoms with E-state index >= 15 is 0 Å². The van der Waals surface area contributed by atoms with Crippen LogP contribution in [0.1, 0.15) is 44.7 Å². The zero-order valence-electron chi connectivity index (χ0n) is 16.2. The SMILES string of the molecule is CC(C)CC(=O)NC(C(=O)N1CCCC(C2OCCO2)C1)c1ccccc1. The molecule has 2 fully saturated rings. The van der Waals surface area contributed by atoms with Crippen LogP contribution >= 0.6 is 0 Å². The number of likely N-dealkylation sites (tertiary alicyclic amines) is 1. The largest absolute Gasteiger partial charge is 0.350 e. The van der Waals surface area contributed by atoms with Crippen molar-refractivity contribution in [3.05, 3.63) is 35.9 Å². The Morgan fingerprint density at radius 1 is 1.19 bits per heavy atom. The molecule has 2 saturated heterocycles. The molecule has 2 atom stereocenters. The smallest absolute Gasteiger partial charge is 0.249 e. The quantitative estimate of drug-likeness (QED) is 0.831. The molecule has 1 N–H and O–H groups in total. The highest BCUT2D eigenvalue weighted by Gasteiger charge is 2.35. The number of benzene rings is 1. The topological polar surface area (TPSA) is 67.9 Å². The second kappa shape index (κ2) is 9.33. The lowest BCUT2D eigenvalue weighted by Gasteiger charge is -2.36. The maximum atomic E-state index is 13.3. The van der Waals surface area contributed by atoms with Gasteiger partial charge in [0.25, 0.3) is 0 Å². The molecule has 2 aliphatic rings. The van der Waals surface area contributed by atoms with Crippen LogP contribution in [-0.4, -0.2) is 49.3 Å². The molecule has 148 valence electrons. The number of hydrogen-bond acceptors (Lipinski definition) is 4. The van der Waals surface area contributed by atoms with Gasteiger partial charge in [-0.05, 0) is 24.3 Å². The van der Waals surface area contributed by atoms with E-state index in [1.807, 2.05) is 49.1 Å². The summed E-state index contributed by atoms with van der Waals surface area (Å²) < 4.78 is 11.3. The summed E-state index contributed by atoms with van der Waals surface area (Å²) in [6, 6.07) is 8.83. The molecule has 2 unspecified atom stereocenters. The Labute approximate surface area is 161 Å². The molecule has 1 aromatic rings. The summed E-state index contributed by atoms with van der Waals surface area (Å²) in [5.41, 5.74) is 0.815. The second-order valence-corrected chi connectivity index (χ2v) is 7.81. The van der Waals surface area contributed by atoms with Gasteiger partial charge >= 0.3 is 0 Å². The van der Waals surface area contributed by atoms with E-state index < -0.39 is 6.04 Å². The summed E-state index contributed by atoms with van der Waals surface area (Å²) in [7, 11) is 0. The lowest BCUT2D eigenvalue weighted by molar-refractivity contribution is -0.143. The predicted molar refractivity (Wildman–Crippen MR) is 102 cm³/mol. The number of nitrogens with one attached hydrogen (secondary N) is 1. The van der Waals surface area contributed by atoms with Gasteiger partial charge in [0, 0.05) is 25.4 Å². The maximum Gasteiger partial charge on any atom is 0.249 e. The number of ether oxygens (including phenoxy) is 2. The third kappa shape index (κ3) is 5.30. The minimum Gasteiger partial charge on any atom is -0.350 e. The first-order chi connectivity index (χ1) is 13.0. The normalized spacial score (nSPS) is 22.0. The van der Waals surface area contributed by atoms with Gasteiger partial charge in [-0.1, -0.05) is 44.2 Å². The molecule has 0 spiro atoms. The van der Waals surface area contributed by atoms with Gasteiger partial charge in [0.2, 0.25) is 11.8 Å². The molecule has 0 radical (unpaired) electrons. The van der Waals surface area contributed by atoms with Crippen molar-refractivity contribution in [3.8, 4) is 0 Å². The lowest BCUT2D eigenvalue weighted by Crippen LogP contribution is -2.49. The molecule has 1 aromatic carbocycles. The minimum atomic E-state index is -0.651. The number of hydrogen-bond donors (Lipinski definition) is 1. The Kier molecular flexibility index (Phi) is 6.85. The predicted octanol–water partition coefficient (Wildman–Crippen LogP) is 2.50. The maximum absolute atomic E-state index is 13.3. The zero-order chi connectivity index (χ0) is 19.2. The molecule has 0 aromatic heterocycles. The summed E-state index contributed by atoms with van der Waals surface area (Å²) in [5.74, 6) is 0.282. The second-order valence-electron chi connectivity index (χ2n) is 7.81. The van der Waals surface area contributed by atoms with Crippen LogP contribution in [0.15, 0.2) is 30.3 Å². The number of rotatable bonds is 6. The van der Waals surface area contributed by atoms with Crippen LogP contribution in [0.4, 0.5) is 0 Å². The van der Waals surface area contributed by atoms with Crippen LogP contribution in [-0.2, 0) is 19.1 Å². The number of nitrogens with zero attached hydrogens (tertiary/aromatic N) is 1. The Balaban J connectivity index is 1.72. The highest BCUT2D eigenvalue weighted by molar-refractivity contribution is 5.88. The molecular weight excluding hydrogens is 344 g/mol. The van der Waals surface area contributed by atoms with Crippen molar-refractivity contribution < 1.29 is 19.1 Å². The monoisotopic (exact) mass is 374 g/mol. The fourth-order valence-corrected chi connectivity index (χ4v) is 3.79. The number of carbonyl (C=O) groups is 2. The molecule has 6 nitrogen and oxygen atoms in total. The van der Waals surface area contributed by atoms with Crippen molar-refractivity contribution in [1.29, 1.82) is 0 Å². The fraction of sp³-hybridized carbons (Fsp3) is 0.619. The van der Waals surface area contributed by atoms with Crippen LogP contribution in [0.5, 0.6) is 0 Å². The van der Waals surface area contributed by atoms with Gasteiger partial charge in [0.05, 0.1) is 13.2 Å². The molecule has 3 rings (SSSR count). The molecule has 6 heteroatoms. The average molecular weight is 374 g/mol. The molecule has 0 aliphatic carbocycles. The first-order valence-corrected chi connectivity index (χ1v) is 9.91. The summed E-state index contributed by atoms with van der Waals surface area (Å²) in [6.07, 6.45) is 2.10. The van der Waals surface area contributed by atoms with Crippen molar-refractivity contribution >= 4 is 11.8 Å². The summed E-state index contributed by atoms with van der Waals surface area (Å²) >= 11 is 0. The van der Waals surface area contributed by atoms with E-state index in [4.69, 9.17) is 9.47 Å². The molecule has 2 heterocycles. The first kappa shape index (κ1) is 19.8. The van der Waals surface area contributed by atoms with Crippen molar-refractivity contribution in [2.75, 3.05) is 26.3 Å². The van der Waals surface area contributed by atoms with E-state index in [1.54, 1.807) is 0 Å². The first-order valence-electron chi connectivity index (χ1n) is 9.91. The van der Waals surface area contributed by atoms with Gasteiger partial charge in [0.1, 0.15) is 6.04 Å². The number of amides is 2. The average Bonchev–Trinajstić information content (AvgIpc) is 3.21. The zero-order valence-corrected chi connectivity index (χ0v) is 16.2. The highest BCUT2D eigenvalue weighted by Crippen LogP contribution is 2.27. The Morgan fingerprint density at radius 3 is 2.56 bits per heavy atom. The summed E-state index contributed by atoms with van der Waals surface area (Å²) in [6.45, 7) is 6.53. The highest BCUT2D eigenvalue weighted by atomic mass is 16.7. The van der Waals surface area contributed by atoms with Crippen molar-refractivity contribution in [1.82, 2.24) is 10.2 Å². The number of piperidine rings is 1. The van der Waals surface area contributed by atoms with E-state index in [2.05, 4.69) is 5.32 Å². The van der Waals surface area contributed by atoms with Gasteiger partial charge in [-0.3, -0.25) is 9.59 Å². The molecular formula is C21H30N2O4. The summed E-state index contributed by atoms with van der Waals surface area (Å²) in [4.78, 5) is 27.5. The van der Waals surface area contributed by atoms with Crippen LogP contribution in [0.3, 0.4) is 0 Å². The minimum absolute atomic E-state index is 0.0546. The van der Waals surface area contributed by atoms with E-state index in [0.29, 0.717) is 32.7 Å². The van der Waals surface area contributed by atoms with Gasteiger partial charge in [0.15, 0.2) is 6.29 Å². The van der Waals surface area contributed by atoms with Crippen LogP contribution in [0, 0.1) is 11.8 Å². The van der Waals surface area contributed by atoms with Crippen LogP contribution < -0.4 is 5.32 Å². The molecule has 2 aliphatic heterocycles. The number of carbonyl (C=O) groups excluding carboxylic acids is 2. The van der Waals surface area contributed by atoms with Gasteiger partial charge in [-0.15, -0.1) is 0 Å². The molecule has 27 heavy (non-hydrogen) atoms. The Morgan fingerprint density at radius 2 is 1.89 bits per heavy atom. The van der Waals surface area contributed by atoms with E-state index in [0.717, 1.165) is 18.4 Å². The van der Waals surface area contributed by atoms with Gasteiger partial charge < -0.3 is 19.7 Å². The van der Waals surface area contributed by atoms with Crippen molar-refractivity contribution in [3.63, 3.8) is 0 Å². The Bertz CT molecular complexity index is 628. The standard InChI is InChI=1S/C21H30N2O4/c1-15(2)13-18(24)22-19(16-7-4-3-5-8-16)20(25)23-10-6-9-17(14-23)21-26-11-12-27-21/h3-5,7-8,15,17,19,21H,6,9-14H2,1-2H3,(H,22,24). The van der Waals surface area contributed by atoms with E-state index in [-0.39, 0.29) is 29.9 Å². The van der Waals surface area contributed by atoms with Gasteiger partial charge in [-0.2, -0.15) is 0 Å². The lowest BCUT2D eigenvalue weighted by atomic mass is 9.95.